The average Bonchev–Trinajstić information content (AvgIpc) is 2.46. The molecule has 1 aromatic rings. The van der Waals surface area contributed by atoms with E-state index in [4.69, 9.17) is 0 Å². The van der Waals surface area contributed by atoms with Crippen molar-refractivity contribution < 1.29 is 4.79 Å². The largest absolute Gasteiger partial charge is 0.378 e. The predicted octanol–water partition coefficient (Wildman–Crippen LogP) is 3.00. The number of hydrogen-bond donors (Lipinski definition) is 0. The Labute approximate surface area is 123 Å². The Bertz CT molecular complexity index is 422. The van der Waals surface area contributed by atoms with Crippen LogP contribution in [0.5, 0.6) is 0 Å². The number of benzene rings is 1. The summed E-state index contributed by atoms with van der Waals surface area (Å²) in [5.74, 6) is 0.887. The standard InChI is InChI=1S/C15H21BrN2O/c1-17(2)14-5-3-13(4-6-14)15(19)18-9-7-12(11-16)8-10-18/h3-6,12H,7-11H2,1-2H3. The second-order valence-corrected chi connectivity index (χ2v) is 5.98. The van der Waals surface area contributed by atoms with Crippen LogP contribution in [0.3, 0.4) is 0 Å². The summed E-state index contributed by atoms with van der Waals surface area (Å²) in [6, 6.07) is 7.85. The van der Waals surface area contributed by atoms with Crippen molar-refractivity contribution in [3.05, 3.63) is 29.8 Å². The van der Waals surface area contributed by atoms with Gasteiger partial charge in [0.15, 0.2) is 0 Å². The van der Waals surface area contributed by atoms with Gasteiger partial charge in [0.25, 0.3) is 5.91 Å². The molecule has 0 unspecified atom stereocenters. The second-order valence-electron chi connectivity index (χ2n) is 5.33. The first-order chi connectivity index (χ1) is 9.11. The minimum Gasteiger partial charge on any atom is -0.378 e. The number of alkyl halides is 1. The number of amides is 1. The third kappa shape index (κ3) is 3.50. The number of nitrogens with zero attached hydrogens (tertiary/aromatic N) is 2. The SMILES string of the molecule is CN(C)c1ccc(C(=O)N2CCC(CBr)CC2)cc1. The fraction of sp³-hybridized carbons (Fsp3) is 0.533. The number of carbonyl (C=O) groups is 1. The molecule has 0 spiro atoms. The number of anilines is 1. The molecule has 1 aliphatic rings. The fourth-order valence-electron chi connectivity index (χ4n) is 2.38. The number of halogens is 1. The molecule has 0 radical (unpaired) electrons. The summed E-state index contributed by atoms with van der Waals surface area (Å²) >= 11 is 3.53. The quantitative estimate of drug-likeness (QED) is 0.798. The molecular formula is C15H21BrN2O. The smallest absolute Gasteiger partial charge is 0.253 e. The van der Waals surface area contributed by atoms with Gasteiger partial charge in [0.1, 0.15) is 0 Å². The van der Waals surface area contributed by atoms with Crippen LogP contribution in [0.1, 0.15) is 23.2 Å². The minimum absolute atomic E-state index is 0.165. The Morgan fingerprint density at radius 2 is 1.84 bits per heavy atom. The van der Waals surface area contributed by atoms with Gasteiger partial charge in [-0.05, 0) is 43.0 Å². The lowest BCUT2D eigenvalue weighted by atomic mass is 9.98. The van der Waals surface area contributed by atoms with Crippen molar-refractivity contribution >= 4 is 27.5 Å². The van der Waals surface area contributed by atoms with Gasteiger partial charge in [-0.15, -0.1) is 0 Å². The Morgan fingerprint density at radius 1 is 1.26 bits per heavy atom. The Kier molecular flexibility index (Phi) is 4.86. The summed E-state index contributed by atoms with van der Waals surface area (Å²) in [5.41, 5.74) is 1.91. The molecule has 1 aliphatic heterocycles. The molecule has 4 heteroatoms. The molecule has 3 nitrogen and oxygen atoms in total. The second kappa shape index (κ2) is 6.42. The van der Waals surface area contributed by atoms with Crippen LogP contribution in [0, 0.1) is 5.92 Å². The average molecular weight is 325 g/mol. The summed E-state index contributed by atoms with van der Waals surface area (Å²) in [5, 5.41) is 1.05. The van der Waals surface area contributed by atoms with E-state index in [2.05, 4.69) is 15.9 Å². The van der Waals surface area contributed by atoms with Crippen molar-refractivity contribution in [1.29, 1.82) is 0 Å². The lowest BCUT2D eigenvalue weighted by molar-refractivity contribution is 0.0699. The molecule has 1 saturated heterocycles. The van der Waals surface area contributed by atoms with E-state index in [1.807, 2.05) is 48.2 Å². The van der Waals surface area contributed by atoms with Crippen LogP contribution in [0.2, 0.25) is 0 Å². The zero-order valence-electron chi connectivity index (χ0n) is 11.6. The molecule has 1 amide bonds. The van der Waals surface area contributed by atoms with Crippen LogP contribution in [0.4, 0.5) is 5.69 Å². The number of hydrogen-bond acceptors (Lipinski definition) is 2. The maximum atomic E-state index is 12.4. The van der Waals surface area contributed by atoms with Crippen molar-refractivity contribution in [2.75, 3.05) is 37.4 Å². The van der Waals surface area contributed by atoms with Crippen LogP contribution < -0.4 is 4.90 Å². The summed E-state index contributed by atoms with van der Waals surface area (Å²) in [6.45, 7) is 1.76. The van der Waals surface area contributed by atoms with Gasteiger partial charge in [-0.2, -0.15) is 0 Å². The van der Waals surface area contributed by atoms with E-state index in [0.29, 0.717) is 0 Å². The van der Waals surface area contributed by atoms with E-state index in [1.165, 1.54) is 0 Å². The van der Waals surface area contributed by atoms with Gasteiger partial charge < -0.3 is 9.80 Å². The molecule has 1 fully saturated rings. The fourth-order valence-corrected chi connectivity index (χ4v) is 3.02. The number of rotatable bonds is 3. The van der Waals surface area contributed by atoms with Gasteiger partial charge in [0.2, 0.25) is 0 Å². The molecule has 0 aromatic heterocycles. The van der Waals surface area contributed by atoms with Gasteiger partial charge in [0.05, 0.1) is 0 Å². The maximum Gasteiger partial charge on any atom is 0.253 e. The minimum atomic E-state index is 0.165. The summed E-state index contributed by atoms with van der Waals surface area (Å²) in [7, 11) is 4.00. The van der Waals surface area contributed by atoms with Crippen molar-refractivity contribution in [3.8, 4) is 0 Å². The lowest BCUT2D eigenvalue weighted by Crippen LogP contribution is -2.38. The maximum absolute atomic E-state index is 12.4. The highest BCUT2D eigenvalue weighted by atomic mass is 79.9. The molecule has 1 heterocycles. The van der Waals surface area contributed by atoms with Gasteiger partial charge in [-0.25, -0.2) is 0 Å². The summed E-state index contributed by atoms with van der Waals surface area (Å²) < 4.78 is 0. The summed E-state index contributed by atoms with van der Waals surface area (Å²) in [6.07, 6.45) is 2.21. The zero-order chi connectivity index (χ0) is 13.8. The lowest BCUT2D eigenvalue weighted by Gasteiger charge is -2.31. The third-order valence-electron chi connectivity index (χ3n) is 3.75. The van der Waals surface area contributed by atoms with E-state index in [0.717, 1.165) is 48.4 Å². The Balaban J connectivity index is 2.00. The van der Waals surface area contributed by atoms with E-state index >= 15 is 0 Å². The monoisotopic (exact) mass is 324 g/mol. The number of likely N-dealkylation sites (tertiary alicyclic amines) is 1. The highest BCUT2D eigenvalue weighted by molar-refractivity contribution is 9.09. The normalized spacial score (nSPS) is 16.5. The highest BCUT2D eigenvalue weighted by Gasteiger charge is 2.22. The van der Waals surface area contributed by atoms with E-state index < -0.39 is 0 Å². The first-order valence-electron chi connectivity index (χ1n) is 6.74. The van der Waals surface area contributed by atoms with Gasteiger partial charge in [0, 0.05) is 43.8 Å². The molecule has 19 heavy (non-hydrogen) atoms. The zero-order valence-corrected chi connectivity index (χ0v) is 13.2. The molecular weight excluding hydrogens is 304 g/mol. The molecule has 0 aliphatic carbocycles. The first kappa shape index (κ1) is 14.4. The summed E-state index contributed by atoms with van der Waals surface area (Å²) in [4.78, 5) is 16.4. The molecule has 104 valence electrons. The highest BCUT2D eigenvalue weighted by Crippen LogP contribution is 2.21. The first-order valence-corrected chi connectivity index (χ1v) is 7.86. The van der Waals surface area contributed by atoms with Crippen LogP contribution in [-0.2, 0) is 0 Å². The molecule has 1 aromatic carbocycles. The Hall–Kier alpha value is -1.03. The van der Waals surface area contributed by atoms with Gasteiger partial charge in [-0.1, -0.05) is 15.9 Å². The van der Waals surface area contributed by atoms with Crippen LogP contribution in [0.15, 0.2) is 24.3 Å². The Morgan fingerprint density at radius 3 is 2.32 bits per heavy atom. The molecule has 0 bridgehead atoms. The van der Waals surface area contributed by atoms with Crippen LogP contribution >= 0.6 is 15.9 Å². The van der Waals surface area contributed by atoms with Crippen molar-refractivity contribution in [1.82, 2.24) is 4.90 Å². The van der Waals surface area contributed by atoms with Crippen LogP contribution in [0.25, 0.3) is 0 Å². The number of carbonyl (C=O) groups excluding carboxylic acids is 1. The van der Waals surface area contributed by atoms with Crippen molar-refractivity contribution in [2.45, 2.75) is 12.8 Å². The molecule has 2 rings (SSSR count). The molecule has 0 N–H and O–H groups in total. The third-order valence-corrected chi connectivity index (χ3v) is 4.67. The van der Waals surface area contributed by atoms with E-state index in [9.17, 15) is 4.79 Å². The van der Waals surface area contributed by atoms with Gasteiger partial charge in [-0.3, -0.25) is 4.79 Å². The van der Waals surface area contributed by atoms with E-state index in [1.54, 1.807) is 0 Å². The number of piperidine rings is 1. The topological polar surface area (TPSA) is 23.6 Å². The van der Waals surface area contributed by atoms with Crippen molar-refractivity contribution in [3.63, 3.8) is 0 Å². The van der Waals surface area contributed by atoms with Crippen molar-refractivity contribution in [2.24, 2.45) is 5.92 Å². The predicted molar refractivity (Wildman–Crippen MR) is 83.2 cm³/mol. The van der Waals surface area contributed by atoms with E-state index in [-0.39, 0.29) is 5.91 Å². The van der Waals surface area contributed by atoms with Crippen LogP contribution in [-0.4, -0.2) is 43.3 Å². The molecule has 0 saturated carbocycles. The van der Waals surface area contributed by atoms with Gasteiger partial charge >= 0.3 is 0 Å². The molecule has 0 atom stereocenters.